The maximum Gasteiger partial charge on any atom is 0.227 e. The highest BCUT2D eigenvalue weighted by Gasteiger charge is 2.42. The number of hydrogen-bond donors (Lipinski definition) is 1. The van der Waals surface area contributed by atoms with E-state index in [0.29, 0.717) is 41.7 Å². The van der Waals surface area contributed by atoms with E-state index in [1.165, 1.54) is 7.11 Å². The first-order valence-electron chi connectivity index (χ1n) is 13.8. The van der Waals surface area contributed by atoms with Gasteiger partial charge in [0.25, 0.3) is 0 Å². The van der Waals surface area contributed by atoms with Gasteiger partial charge in [-0.05, 0) is 44.1 Å². The minimum atomic E-state index is -0.521. The van der Waals surface area contributed by atoms with Crippen molar-refractivity contribution in [1.82, 2.24) is 15.1 Å². The lowest BCUT2D eigenvalue weighted by molar-refractivity contribution is -0.129. The van der Waals surface area contributed by atoms with Gasteiger partial charge < -0.3 is 39.0 Å². The van der Waals surface area contributed by atoms with Gasteiger partial charge in [0, 0.05) is 51.3 Å². The summed E-state index contributed by atoms with van der Waals surface area (Å²) in [4.78, 5) is 33.7. The van der Waals surface area contributed by atoms with Crippen LogP contribution in [0.4, 0.5) is 5.69 Å². The smallest absolute Gasteiger partial charge is 0.227 e. The number of anilines is 1. The van der Waals surface area contributed by atoms with E-state index in [2.05, 4.69) is 22.2 Å². The number of hydrogen-bond acceptors (Lipinski definition) is 8. The molecule has 0 unspecified atom stereocenters. The molecule has 2 aromatic rings. The summed E-state index contributed by atoms with van der Waals surface area (Å²) in [7, 11) is 8.38. The van der Waals surface area contributed by atoms with E-state index in [4.69, 9.17) is 18.9 Å². The Kier molecular flexibility index (Phi) is 10.1. The van der Waals surface area contributed by atoms with Gasteiger partial charge in [-0.15, -0.1) is 0 Å². The number of nitrogens with one attached hydrogen (secondary N) is 1. The summed E-state index contributed by atoms with van der Waals surface area (Å²) in [5.74, 6) is 1.46. The van der Waals surface area contributed by atoms with E-state index < -0.39 is 12.0 Å². The van der Waals surface area contributed by atoms with Crippen LogP contribution in [-0.2, 0) is 9.59 Å². The van der Waals surface area contributed by atoms with Crippen LogP contribution in [0.5, 0.6) is 23.0 Å². The molecular formula is C30H42N4O6. The number of ether oxygens (including phenoxy) is 4. The molecule has 218 valence electrons. The minimum absolute atomic E-state index is 0.0517. The molecule has 2 atom stereocenters. The lowest BCUT2D eigenvalue weighted by Gasteiger charge is -2.41. The maximum absolute atomic E-state index is 13.7. The Hall–Kier alpha value is -3.50. The highest BCUT2D eigenvalue weighted by Crippen LogP contribution is 2.46. The molecule has 4 rings (SSSR count). The number of likely N-dealkylation sites (N-methyl/N-ethyl adjacent to an activating group) is 1. The van der Waals surface area contributed by atoms with Gasteiger partial charge in [0.15, 0.2) is 11.5 Å². The maximum atomic E-state index is 13.7. The van der Waals surface area contributed by atoms with Crippen molar-refractivity contribution in [1.29, 1.82) is 0 Å². The fourth-order valence-corrected chi connectivity index (χ4v) is 5.58. The molecule has 1 N–H and O–H groups in total. The van der Waals surface area contributed by atoms with Crippen LogP contribution >= 0.6 is 0 Å². The highest BCUT2D eigenvalue weighted by atomic mass is 16.5. The fourth-order valence-electron chi connectivity index (χ4n) is 5.58. The van der Waals surface area contributed by atoms with Crippen molar-refractivity contribution in [2.75, 3.05) is 79.7 Å². The van der Waals surface area contributed by atoms with Crippen molar-refractivity contribution < 1.29 is 28.5 Å². The molecule has 0 saturated carbocycles. The van der Waals surface area contributed by atoms with Crippen molar-refractivity contribution >= 4 is 17.5 Å². The Morgan fingerprint density at radius 2 is 1.57 bits per heavy atom. The second-order valence-corrected chi connectivity index (χ2v) is 10.3. The number of piperidine rings is 1. The van der Waals surface area contributed by atoms with Crippen molar-refractivity contribution in [3.8, 4) is 23.0 Å². The second kappa shape index (κ2) is 13.7. The Bertz CT molecular complexity index is 1120. The molecule has 0 bridgehead atoms. The molecule has 2 amide bonds. The van der Waals surface area contributed by atoms with Crippen molar-refractivity contribution in [3.05, 3.63) is 42.0 Å². The van der Waals surface area contributed by atoms with Gasteiger partial charge >= 0.3 is 0 Å². The van der Waals surface area contributed by atoms with Crippen LogP contribution in [0.15, 0.2) is 36.4 Å². The van der Waals surface area contributed by atoms with Crippen LogP contribution in [0.25, 0.3) is 0 Å². The third kappa shape index (κ3) is 6.62. The van der Waals surface area contributed by atoms with Gasteiger partial charge in [-0.2, -0.15) is 0 Å². The Balaban J connectivity index is 1.59. The first-order valence-corrected chi connectivity index (χ1v) is 13.8. The quantitative estimate of drug-likeness (QED) is 0.424. The average molecular weight is 555 g/mol. The van der Waals surface area contributed by atoms with Crippen LogP contribution in [0.1, 0.15) is 30.9 Å². The fraction of sp³-hybridized carbons (Fsp3) is 0.533. The van der Waals surface area contributed by atoms with Crippen LogP contribution < -0.4 is 29.2 Å². The van der Waals surface area contributed by atoms with Crippen LogP contribution in [0, 0.1) is 5.92 Å². The molecule has 0 aliphatic carbocycles. The van der Waals surface area contributed by atoms with E-state index in [0.717, 1.165) is 44.7 Å². The van der Waals surface area contributed by atoms with Crippen LogP contribution in [-0.4, -0.2) is 96.4 Å². The van der Waals surface area contributed by atoms with E-state index >= 15 is 0 Å². The molecule has 2 fully saturated rings. The summed E-state index contributed by atoms with van der Waals surface area (Å²) >= 11 is 0. The average Bonchev–Trinajstić information content (AvgIpc) is 2.99. The van der Waals surface area contributed by atoms with Gasteiger partial charge in [-0.25, -0.2) is 0 Å². The second-order valence-electron chi connectivity index (χ2n) is 10.3. The standard InChI is InChI=1S/C30H42N4O6/c1-32-15-17-33(18-16-32)14-6-13-31-30(36)24-11-12-27(35)34(28(24)21-7-9-23(37-2)10-8-21)22-19-25(38-3)29(40-5)26(20-22)39-4/h7-10,19-20,24,28H,6,11-18H2,1-5H3,(H,31,36)/t24-,28+/m1/s1. The van der Waals surface area contributed by atoms with Gasteiger partial charge in [-0.3, -0.25) is 9.59 Å². The molecular weight excluding hydrogens is 512 g/mol. The van der Waals surface area contributed by atoms with E-state index in [1.807, 2.05) is 24.3 Å². The molecule has 2 aromatic carbocycles. The van der Waals surface area contributed by atoms with E-state index in [1.54, 1.807) is 38.4 Å². The zero-order chi connectivity index (χ0) is 28.6. The number of benzene rings is 2. The number of carbonyl (C=O) groups is 2. The molecule has 2 heterocycles. The predicted octanol–water partition coefficient (Wildman–Crippen LogP) is 2.96. The zero-order valence-corrected chi connectivity index (χ0v) is 24.3. The molecule has 2 saturated heterocycles. The summed E-state index contributed by atoms with van der Waals surface area (Å²) in [6.45, 7) is 5.80. The summed E-state index contributed by atoms with van der Waals surface area (Å²) in [5, 5.41) is 3.17. The van der Waals surface area contributed by atoms with E-state index in [-0.39, 0.29) is 18.2 Å². The van der Waals surface area contributed by atoms with Gasteiger partial charge in [0.1, 0.15) is 5.75 Å². The summed E-state index contributed by atoms with van der Waals surface area (Å²) in [5.41, 5.74) is 1.42. The molecule has 2 aliphatic heterocycles. The summed E-state index contributed by atoms with van der Waals surface area (Å²) in [6.07, 6.45) is 1.59. The molecule has 0 aromatic heterocycles. The largest absolute Gasteiger partial charge is 0.497 e. The van der Waals surface area contributed by atoms with Crippen molar-refractivity contribution in [2.45, 2.75) is 25.3 Å². The highest BCUT2D eigenvalue weighted by molar-refractivity contribution is 5.98. The predicted molar refractivity (Wildman–Crippen MR) is 154 cm³/mol. The van der Waals surface area contributed by atoms with Gasteiger partial charge in [-0.1, -0.05) is 12.1 Å². The third-order valence-corrected chi connectivity index (χ3v) is 7.87. The molecule has 10 heteroatoms. The lowest BCUT2D eigenvalue weighted by Crippen LogP contribution is -2.49. The number of nitrogens with zero attached hydrogens (tertiary/aromatic N) is 3. The topological polar surface area (TPSA) is 92.8 Å². The monoisotopic (exact) mass is 554 g/mol. The normalized spacial score (nSPS) is 20.2. The lowest BCUT2D eigenvalue weighted by atomic mass is 9.83. The number of methoxy groups -OCH3 is 4. The number of carbonyl (C=O) groups excluding carboxylic acids is 2. The first-order chi connectivity index (χ1) is 19.4. The number of amides is 2. The zero-order valence-electron chi connectivity index (χ0n) is 24.3. The van der Waals surface area contributed by atoms with Crippen LogP contribution in [0.2, 0.25) is 0 Å². The van der Waals surface area contributed by atoms with Crippen molar-refractivity contribution in [2.24, 2.45) is 5.92 Å². The molecule has 0 spiro atoms. The minimum Gasteiger partial charge on any atom is -0.497 e. The number of piperazine rings is 1. The molecule has 40 heavy (non-hydrogen) atoms. The van der Waals surface area contributed by atoms with E-state index in [9.17, 15) is 9.59 Å². The number of rotatable bonds is 11. The Morgan fingerprint density at radius 3 is 2.15 bits per heavy atom. The van der Waals surface area contributed by atoms with Gasteiger partial charge in [0.05, 0.1) is 46.1 Å². The summed E-state index contributed by atoms with van der Waals surface area (Å²) < 4.78 is 22.0. The summed E-state index contributed by atoms with van der Waals surface area (Å²) in [6, 6.07) is 10.5. The first kappa shape index (κ1) is 29.5. The van der Waals surface area contributed by atoms with Crippen molar-refractivity contribution in [3.63, 3.8) is 0 Å². The molecule has 10 nitrogen and oxygen atoms in total. The SMILES string of the molecule is COc1ccc([C@H]2[C@H](C(=O)NCCCN3CCN(C)CC3)CCC(=O)N2c2cc(OC)c(OC)c(OC)c2)cc1. The Morgan fingerprint density at radius 1 is 0.925 bits per heavy atom. The van der Waals surface area contributed by atoms with Gasteiger partial charge in [0.2, 0.25) is 17.6 Å². The third-order valence-electron chi connectivity index (χ3n) is 7.87. The van der Waals surface area contributed by atoms with Crippen LogP contribution in [0.3, 0.4) is 0 Å². The Labute approximate surface area is 237 Å². The molecule has 2 aliphatic rings. The molecule has 0 radical (unpaired) electrons.